The van der Waals surface area contributed by atoms with Gasteiger partial charge >= 0.3 is 5.97 Å². The standard InChI is InChI=1S/C19H11BrI3NO4S/c1-28-16-11(22)6-10(21)13(15(16)23)18(25)24-12-7-29-17(14(12)19(26)27)8-3-2-4-9(20)5-8/h2-7H,1H3,(H,24,25)(H,26,27). The molecule has 5 nitrogen and oxygen atoms in total. The monoisotopic (exact) mass is 809 g/mol. The highest BCUT2D eigenvalue weighted by atomic mass is 127. The Bertz CT molecular complexity index is 1130. The fourth-order valence-electron chi connectivity index (χ4n) is 2.66. The van der Waals surface area contributed by atoms with Gasteiger partial charge in [0.25, 0.3) is 5.91 Å². The van der Waals surface area contributed by atoms with Crippen LogP contribution < -0.4 is 10.1 Å². The maximum Gasteiger partial charge on any atom is 0.339 e. The molecule has 0 saturated carbocycles. The van der Waals surface area contributed by atoms with Crippen molar-refractivity contribution in [3.05, 3.63) is 62.0 Å². The topological polar surface area (TPSA) is 75.6 Å². The number of anilines is 1. The summed E-state index contributed by atoms with van der Waals surface area (Å²) in [7, 11) is 1.56. The first-order valence-corrected chi connectivity index (χ1v) is 12.8. The van der Waals surface area contributed by atoms with Crippen LogP contribution in [-0.4, -0.2) is 24.1 Å². The van der Waals surface area contributed by atoms with Crippen LogP contribution >= 0.6 is 95.0 Å². The molecule has 1 amide bonds. The number of hydrogen-bond acceptors (Lipinski definition) is 4. The number of carboxylic acids is 1. The van der Waals surface area contributed by atoms with E-state index < -0.39 is 5.97 Å². The molecule has 3 aromatic rings. The molecule has 29 heavy (non-hydrogen) atoms. The number of carbonyl (C=O) groups excluding carboxylic acids is 1. The molecule has 3 rings (SSSR count). The van der Waals surface area contributed by atoms with Gasteiger partial charge in [-0.25, -0.2) is 4.79 Å². The van der Waals surface area contributed by atoms with Crippen LogP contribution in [0.25, 0.3) is 10.4 Å². The van der Waals surface area contributed by atoms with Crippen LogP contribution in [0.2, 0.25) is 0 Å². The third-order valence-electron chi connectivity index (χ3n) is 3.90. The van der Waals surface area contributed by atoms with Crippen molar-refractivity contribution in [1.29, 1.82) is 0 Å². The van der Waals surface area contributed by atoms with Gasteiger partial charge in [0.15, 0.2) is 0 Å². The zero-order chi connectivity index (χ0) is 21.3. The number of aromatic carboxylic acids is 1. The molecule has 0 saturated heterocycles. The van der Waals surface area contributed by atoms with Crippen molar-refractivity contribution >= 4 is 113 Å². The minimum absolute atomic E-state index is 0.0731. The molecule has 0 unspecified atom stereocenters. The number of amides is 1. The average molecular weight is 810 g/mol. The third kappa shape index (κ3) is 4.91. The zero-order valence-corrected chi connectivity index (χ0v) is 23.4. The lowest BCUT2D eigenvalue weighted by molar-refractivity contribution is 0.0699. The number of benzene rings is 2. The first-order valence-electron chi connectivity index (χ1n) is 7.88. The van der Waals surface area contributed by atoms with Gasteiger partial charge < -0.3 is 15.2 Å². The average Bonchev–Trinajstić information content (AvgIpc) is 3.05. The summed E-state index contributed by atoms with van der Waals surface area (Å²) >= 11 is 11.0. The normalized spacial score (nSPS) is 10.7. The molecular weight excluding hydrogens is 799 g/mol. The van der Waals surface area contributed by atoms with Gasteiger partial charge in [0, 0.05) is 13.4 Å². The summed E-state index contributed by atoms with van der Waals surface area (Å²) < 4.78 is 8.59. The van der Waals surface area contributed by atoms with Gasteiger partial charge in [0.05, 0.1) is 30.4 Å². The molecule has 0 radical (unpaired) electrons. The lowest BCUT2D eigenvalue weighted by Gasteiger charge is -2.13. The SMILES string of the molecule is COc1c(I)cc(I)c(C(=O)Nc2csc(-c3cccc(Br)c3)c2C(=O)O)c1I. The molecule has 1 aromatic heterocycles. The van der Waals surface area contributed by atoms with Crippen LogP contribution in [0.4, 0.5) is 5.69 Å². The summed E-state index contributed by atoms with van der Waals surface area (Å²) in [5, 5.41) is 14.2. The van der Waals surface area contributed by atoms with Crippen molar-refractivity contribution in [2.45, 2.75) is 0 Å². The molecule has 150 valence electrons. The number of hydrogen-bond donors (Lipinski definition) is 2. The van der Waals surface area contributed by atoms with Gasteiger partial charge in [-0.05, 0) is 91.5 Å². The number of methoxy groups -OCH3 is 1. The van der Waals surface area contributed by atoms with E-state index in [-0.39, 0.29) is 17.2 Å². The number of ether oxygens (including phenoxy) is 1. The molecular formula is C19H11BrI3NO4S. The number of rotatable bonds is 5. The van der Waals surface area contributed by atoms with Gasteiger partial charge in [-0.15, -0.1) is 11.3 Å². The van der Waals surface area contributed by atoms with Crippen molar-refractivity contribution in [3.8, 4) is 16.2 Å². The van der Waals surface area contributed by atoms with Crippen molar-refractivity contribution in [2.75, 3.05) is 12.4 Å². The molecule has 10 heteroatoms. The Hall–Kier alpha value is -0.450. The summed E-state index contributed by atoms with van der Waals surface area (Å²) in [6, 6.07) is 9.25. The van der Waals surface area contributed by atoms with E-state index in [1.54, 1.807) is 12.5 Å². The molecule has 2 aromatic carbocycles. The quantitative estimate of drug-likeness (QED) is 0.274. The largest absolute Gasteiger partial charge is 0.495 e. The van der Waals surface area contributed by atoms with Gasteiger partial charge in [-0.3, -0.25) is 4.79 Å². The lowest BCUT2D eigenvalue weighted by atomic mass is 10.1. The van der Waals surface area contributed by atoms with Crippen LogP contribution in [0.1, 0.15) is 20.7 Å². The fourth-order valence-corrected chi connectivity index (χ4v) is 8.35. The predicted octanol–water partition coefficient (Wildman–Crippen LogP) is 6.95. The second-order valence-corrected chi connectivity index (χ2v) is 10.9. The predicted molar refractivity (Wildman–Crippen MR) is 144 cm³/mol. The number of thiophene rings is 1. The summed E-state index contributed by atoms with van der Waals surface area (Å²) in [4.78, 5) is 25.6. The molecule has 2 N–H and O–H groups in total. The first-order chi connectivity index (χ1) is 13.7. The minimum Gasteiger partial charge on any atom is -0.495 e. The van der Waals surface area contributed by atoms with Crippen LogP contribution in [0.5, 0.6) is 5.75 Å². The highest BCUT2D eigenvalue weighted by Crippen LogP contribution is 2.38. The number of halogens is 4. The summed E-state index contributed by atoms with van der Waals surface area (Å²) in [5.74, 6) is -0.855. The van der Waals surface area contributed by atoms with Crippen LogP contribution in [0.3, 0.4) is 0 Å². The Morgan fingerprint density at radius 1 is 1.14 bits per heavy atom. The molecule has 0 fully saturated rings. The van der Waals surface area contributed by atoms with Gasteiger partial charge in [0.2, 0.25) is 0 Å². The highest BCUT2D eigenvalue weighted by Gasteiger charge is 2.25. The molecule has 0 aliphatic carbocycles. The van der Waals surface area contributed by atoms with Crippen LogP contribution in [0.15, 0.2) is 40.2 Å². The van der Waals surface area contributed by atoms with Crippen molar-refractivity contribution in [1.82, 2.24) is 0 Å². The first kappa shape index (κ1) is 23.2. The van der Waals surface area contributed by atoms with E-state index in [1.807, 2.05) is 30.3 Å². The molecule has 0 spiro atoms. The summed E-state index contributed by atoms with van der Waals surface area (Å²) in [6.07, 6.45) is 0. The van der Waals surface area contributed by atoms with Crippen LogP contribution in [0, 0.1) is 10.7 Å². The number of carbonyl (C=O) groups is 2. The van der Waals surface area contributed by atoms with E-state index in [4.69, 9.17) is 4.74 Å². The van der Waals surface area contributed by atoms with E-state index in [2.05, 4.69) is 89.0 Å². The van der Waals surface area contributed by atoms with E-state index in [0.717, 1.165) is 17.2 Å². The van der Waals surface area contributed by atoms with E-state index >= 15 is 0 Å². The van der Waals surface area contributed by atoms with E-state index in [9.17, 15) is 14.7 Å². The van der Waals surface area contributed by atoms with Gasteiger partial charge in [0.1, 0.15) is 11.3 Å². The maximum atomic E-state index is 13.0. The van der Waals surface area contributed by atoms with Crippen molar-refractivity contribution in [2.24, 2.45) is 0 Å². The molecule has 1 heterocycles. The van der Waals surface area contributed by atoms with Gasteiger partial charge in [-0.2, -0.15) is 0 Å². The van der Waals surface area contributed by atoms with E-state index in [0.29, 0.717) is 19.8 Å². The smallest absolute Gasteiger partial charge is 0.339 e. The highest BCUT2D eigenvalue weighted by molar-refractivity contribution is 14.1. The van der Waals surface area contributed by atoms with Gasteiger partial charge in [-0.1, -0.05) is 28.1 Å². The Labute approximate surface area is 220 Å². The fraction of sp³-hybridized carbons (Fsp3) is 0.0526. The Morgan fingerprint density at radius 3 is 2.48 bits per heavy atom. The van der Waals surface area contributed by atoms with Crippen molar-refractivity contribution in [3.63, 3.8) is 0 Å². The van der Waals surface area contributed by atoms with Crippen molar-refractivity contribution < 1.29 is 19.4 Å². The third-order valence-corrected chi connectivity index (χ3v) is 8.10. The number of carboxylic acid groups (broad SMARTS) is 1. The Kier molecular flexibility index (Phi) is 7.83. The molecule has 0 atom stereocenters. The number of nitrogens with one attached hydrogen (secondary N) is 1. The maximum absolute atomic E-state index is 13.0. The second kappa shape index (κ2) is 9.78. The lowest BCUT2D eigenvalue weighted by Crippen LogP contribution is -2.17. The Balaban J connectivity index is 2.04. The molecule has 0 aliphatic rings. The molecule has 0 bridgehead atoms. The zero-order valence-electron chi connectivity index (χ0n) is 14.6. The summed E-state index contributed by atoms with van der Waals surface area (Å²) in [5.41, 5.74) is 1.56. The molecule has 0 aliphatic heterocycles. The second-order valence-electron chi connectivity index (χ2n) is 5.69. The Morgan fingerprint density at radius 2 is 1.86 bits per heavy atom. The summed E-state index contributed by atoms with van der Waals surface area (Å²) in [6.45, 7) is 0. The van der Waals surface area contributed by atoms with E-state index in [1.165, 1.54) is 11.3 Å². The van der Waals surface area contributed by atoms with Crippen LogP contribution in [-0.2, 0) is 0 Å². The minimum atomic E-state index is -1.10.